The molecule has 0 unspecified atom stereocenters. The van der Waals surface area contributed by atoms with E-state index in [1.807, 2.05) is 0 Å². The van der Waals surface area contributed by atoms with Gasteiger partial charge in [-0.2, -0.15) is 0 Å². The zero-order chi connectivity index (χ0) is 15.3. The Bertz CT molecular complexity index is 448. The van der Waals surface area contributed by atoms with E-state index in [0.29, 0.717) is 0 Å². The summed E-state index contributed by atoms with van der Waals surface area (Å²) in [5, 5.41) is 3.18. The van der Waals surface area contributed by atoms with E-state index in [2.05, 4.69) is 61.3 Å². The van der Waals surface area contributed by atoms with Gasteiger partial charge in [-0.05, 0) is 51.8 Å². The highest BCUT2D eigenvalue weighted by Gasteiger charge is 2.28. The lowest BCUT2D eigenvalue weighted by Crippen LogP contribution is -2.48. The number of benzene rings is 1. The lowest BCUT2D eigenvalue weighted by Gasteiger charge is -2.33. The van der Waals surface area contributed by atoms with Crippen LogP contribution in [0.2, 0.25) is 0 Å². The maximum Gasteiger partial charge on any atom is 0.223 e. The molecule has 2 rings (SSSR count). The molecule has 0 aromatic heterocycles. The molecule has 3 heteroatoms. The number of hydrogen-bond acceptors (Lipinski definition) is 2. The van der Waals surface area contributed by atoms with Gasteiger partial charge in [-0.3, -0.25) is 9.69 Å². The number of carbonyl (C=O) groups excluding carboxylic acids is 1. The number of carbonyl (C=O) groups is 1. The van der Waals surface area contributed by atoms with Gasteiger partial charge in [0.25, 0.3) is 0 Å². The minimum atomic E-state index is -0.0851. The van der Waals surface area contributed by atoms with Gasteiger partial charge in [0.2, 0.25) is 5.91 Å². The van der Waals surface area contributed by atoms with E-state index in [9.17, 15) is 4.79 Å². The maximum absolute atomic E-state index is 12.3. The molecule has 1 aromatic rings. The van der Waals surface area contributed by atoms with Crippen LogP contribution in [0.3, 0.4) is 0 Å². The van der Waals surface area contributed by atoms with E-state index in [1.165, 1.54) is 5.56 Å². The number of rotatable bonds is 5. The molecule has 1 saturated heterocycles. The van der Waals surface area contributed by atoms with Gasteiger partial charge in [-0.15, -0.1) is 0 Å². The van der Waals surface area contributed by atoms with E-state index >= 15 is 0 Å². The Labute approximate surface area is 128 Å². The van der Waals surface area contributed by atoms with E-state index in [-0.39, 0.29) is 17.4 Å². The summed E-state index contributed by atoms with van der Waals surface area (Å²) in [6.45, 7) is 9.32. The fourth-order valence-corrected chi connectivity index (χ4v) is 2.72. The van der Waals surface area contributed by atoms with Gasteiger partial charge in [0.15, 0.2) is 0 Å². The molecule has 1 heterocycles. The van der Waals surface area contributed by atoms with Crippen LogP contribution in [0.1, 0.15) is 45.6 Å². The molecule has 3 nitrogen and oxygen atoms in total. The molecule has 0 saturated carbocycles. The Balaban J connectivity index is 1.79. The standard InChI is InChI=1S/C18H28N2O/c1-4-18(2,3)19-17(21)16-10-12-20(13-11-16)14-15-8-6-5-7-9-15/h5-9,16H,4,10-14H2,1-3H3,(H,19,21). The number of hydrogen-bond donors (Lipinski definition) is 1. The fourth-order valence-electron chi connectivity index (χ4n) is 2.72. The normalized spacial score (nSPS) is 17.7. The van der Waals surface area contributed by atoms with Crippen molar-refractivity contribution in [3.63, 3.8) is 0 Å². The first kappa shape index (κ1) is 16.0. The Morgan fingerprint density at radius 1 is 1.24 bits per heavy atom. The zero-order valence-corrected chi connectivity index (χ0v) is 13.6. The first-order chi connectivity index (χ1) is 10.00. The van der Waals surface area contributed by atoms with Gasteiger partial charge in [-0.1, -0.05) is 37.3 Å². The van der Waals surface area contributed by atoms with Crippen LogP contribution >= 0.6 is 0 Å². The lowest BCUT2D eigenvalue weighted by atomic mass is 9.93. The predicted octanol–water partition coefficient (Wildman–Crippen LogP) is 3.20. The van der Waals surface area contributed by atoms with Crippen molar-refractivity contribution in [3.8, 4) is 0 Å². The Morgan fingerprint density at radius 2 is 1.86 bits per heavy atom. The largest absolute Gasteiger partial charge is 0.351 e. The molecule has 0 atom stereocenters. The third kappa shape index (κ3) is 4.85. The quantitative estimate of drug-likeness (QED) is 0.902. The average molecular weight is 288 g/mol. The van der Waals surface area contributed by atoms with Crippen molar-refractivity contribution in [3.05, 3.63) is 35.9 Å². The van der Waals surface area contributed by atoms with E-state index in [0.717, 1.165) is 38.9 Å². The molecule has 1 aliphatic rings. The summed E-state index contributed by atoms with van der Waals surface area (Å²) < 4.78 is 0. The van der Waals surface area contributed by atoms with Crippen LogP contribution in [-0.4, -0.2) is 29.4 Å². The average Bonchev–Trinajstić information content (AvgIpc) is 2.48. The summed E-state index contributed by atoms with van der Waals surface area (Å²) in [4.78, 5) is 14.8. The second kappa shape index (κ2) is 7.08. The highest BCUT2D eigenvalue weighted by molar-refractivity contribution is 5.79. The van der Waals surface area contributed by atoms with Crippen LogP contribution in [0.5, 0.6) is 0 Å². The van der Waals surface area contributed by atoms with Crippen molar-refractivity contribution in [2.24, 2.45) is 5.92 Å². The molecule has 0 radical (unpaired) electrons. The van der Waals surface area contributed by atoms with Crippen molar-refractivity contribution in [2.75, 3.05) is 13.1 Å². The minimum Gasteiger partial charge on any atom is -0.351 e. The SMILES string of the molecule is CCC(C)(C)NC(=O)C1CCN(Cc2ccccc2)CC1. The Hall–Kier alpha value is -1.35. The summed E-state index contributed by atoms with van der Waals surface area (Å²) in [5.74, 6) is 0.420. The number of nitrogens with zero attached hydrogens (tertiary/aromatic N) is 1. The molecule has 0 aliphatic carbocycles. The lowest BCUT2D eigenvalue weighted by molar-refractivity contribution is -0.128. The van der Waals surface area contributed by atoms with Crippen LogP contribution in [-0.2, 0) is 11.3 Å². The molecule has 1 amide bonds. The molecule has 116 valence electrons. The second-order valence-corrected chi connectivity index (χ2v) is 6.76. The first-order valence-electron chi connectivity index (χ1n) is 8.08. The van der Waals surface area contributed by atoms with E-state index in [4.69, 9.17) is 0 Å². The van der Waals surface area contributed by atoms with Gasteiger partial charge >= 0.3 is 0 Å². The van der Waals surface area contributed by atoms with Crippen molar-refractivity contribution in [1.29, 1.82) is 0 Å². The van der Waals surface area contributed by atoms with Crippen molar-refractivity contribution in [1.82, 2.24) is 10.2 Å². The molecule has 21 heavy (non-hydrogen) atoms. The highest BCUT2D eigenvalue weighted by atomic mass is 16.2. The summed E-state index contributed by atoms with van der Waals surface area (Å²) in [6, 6.07) is 10.6. The number of likely N-dealkylation sites (tertiary alicyclic amines) is 1. The number of amides is 1. The summed E-state index contributed by atoms with van der Waals surface area (Å²) in [6.07, 6.45) is 2.91. The van der Waals surface area contributed by atoms with Gasteiger partial charge in [0, 0.05) is 18.0 Å². The monoisotopic (exact) mass is 288 g/mol. The van der Waals surface area contributed by atoms with Crippen LogP contribution in [0.15, 0.2) is 30.3 Å². The molecule has 1 aliphatic heterocycles. The molecular weight excluding hydrogens is 260 g/mol. The first-order valence-corrected chi connectivity index (χ1v) is 8.08. The zero-order valence-electron chi connectivity index (χ0n) is 13.6. The molecule has 1 N–H and O–H groups in total. The highest BCUT2D eigenvalue weighted by Crippen LogP contribution is 2.20. The van der Waals surface area contributed by atoms with Crippen LogP contribution in [0.4, 0.5) is 0 Å². The smallest absolute Gasteiger partial charge is 0.223 e. The summed E-state index contributed by atoms with van der Waals surface area (Å²) >= 11 is 0. The predicted molar refractivity (Wildman–Crippen MR) is 87.0 cm³/mol. The third-order valence-corrected chi connectivity index (χ3v) is 4.55. The van der Waals surface area contributed by atoms with Crippen molar-refractivity contribution < 1.29 is 4.79 Å². The molecule has 0 spiro atoms. The van der Waals surface area contributed by atoms with Crippen molar-refractivity contribution in [2.45, 2.75) is 52.1 Å². The van der Waals surface area contributed by atoms with E-state index in [1.54, 1.807) is 0 Å². The summed E-state index contributed by atoms with van der Waals surface area (Å²) in [5.41, 5.74) is 1.27. The van der Waals surface area contributed by atoms with Crippen molar-refractivity contribution >= 4 is 5.91 Å². The van der Waals surface area contributed by atoms with Crippen LogP contribution < -0.4 is 5.32 Å². The topological polar surface area (TPSA) is 32.3 Å². The van der Waals surface area contributed by atoms with Gasteiger partial charge in [0.1, 0.15) is 0 Å². The van der Waals surface area contributed by atoms with Crippen LogP contribution in [0.25, 0.3) is 0 Å². The number of nitrogens with one attached hydrogen (secondary N) is 1. The van der Waals surface area contributed by atoms with Gasteiger partial charge < -0.3 is 5.32 Å². The number of piperidine rings is 1. The third-order valence-electron chi connectivity index (χ3n) is 4.55. The fraction of sp³-hybridized carbons (Fsp3) is 0.611. The molecular formula is C18H28N2O. The molecule has 1 aromatic carbocycles. The summed E-state index contributed by atoms with van der Waals surface area (Å²) in [7, 11) is 0. The molecule has 0 bridgehead atoms. The second-order valence-electron chi connectivity index (χ2n) is 6.76. The van der Waals surface area contributed by atoms with Gasteiger partial charge in [0.05, 0.1) is 0 Å². The van der Waals surface area contributed by atoms with Gasteiger partial charge in [-0.25, -0.2) is 0 Å². The Morgan fingerprint density at radius 3 is 2.43 bits per heavy atom. The van der Waals surface area contributed by atoms with E-state index < -0.39 is 0 Å². The van der Waals surface area contributed by atoms with Crippen LogP contribution in [0, 0.1) is 5.92 Å². The maximum atomic E-state index is 12.3. The molecule has 1 fully saturated rings. The Kier molecular flexibility index (Phi) is 5.40. The minimum absolute atomic E-state index is 0.0851.